The molecule has 1 fully saturated rings. The van der Waals surface area contributed by atoms with Gasteiger partial charge in [-0.25, -0.2) is 9.97 Å². The number of anilines is 2. The van der Waals surface area contributed by atoms with Crippen molar-refractivity contribution in [3.8, 4) is 11.4 Å². The zero-order valence-corrected chi connectivity index (χ0v) is 17.9. The molecule has 4 aromatic rings. The lowest BCUT2D eigenvalue weighted by Gasteiger charge is -2.28. The van der Waals surface area contributed by atoms with Gasteiger partial charge in [0.25, 0.3) is 5.91 Å². The van der Waals surface area contributed by atoms with E-state index in [0.29, 0.717) is 43.4 Å². The van der Waals surface area contributed by atoms with Gasteiger partial charge in [0.15, 0.2) is 11.6 Å². The quantitative estimate of drug-likeness (QED) is 0.453. The lowest BCUT2D eigenvalue weighted by molar-refractivity contribution is -0.137. The van der Waals surface area contributed by atoms with Gasteiger partial charge >= 0.3 is 6.18 Å². The van der Waals surface area contributed by atoms with E-state index in [1.807, 2.05) is 12.1 Å². The molecule has 10 heteroatoms. The fraction of sp³-hybridized carbons (Fsp3) is 0.208. The van der Waals surface area contributed by atoms with Crippen molar-refractivity contribution < 1.29 is 22.7 Å². The molecular weight excluding hydrogens is 447 g/mol. The van der Waals surface area contributed by atoms with E-state index in [1.165, 1.54) is 12.1 Å². The number of hydrogen-bond acceptors (Lipinski definition) is 5. The van der Waals surface area contributed by atoms with Crippen LogP contribution in [0.5, 0.6) is 0 Å². The number of nitrogens with one attached hydrogen (secondary N) is 2. The second-order valence-corrected chi connectivity index (χ2v) is 7.82. The molecule has 1 aliphatic heterocycles. The third-order valence-corrected chi connectivity index (χ3v) is 5.53. The van der Waals surface area contributed by atoms with Gasteiger partial charge in [-0.1, -0.05) is 18.2 Å². The Labute approximate surface area is 192 Å². The van der Waals surface area contributed by atoms with Crippen molar-refractivity contribution in [2.45, 2.75) is 6.18 Å². The van der Waals surface area contributed by atoms with Crippen LogP contribution >= 0.6 is 0 Å². The first-order chi connectivity index (χ1) is 16.4. The number of aromatic amines is 1. The Kier molecular flexibility index (Phi) is 5.66. The Balaban J connectivity index is 1.44. The third kappa shape index (κ3) is 4.44. The lowest BCUT2D eigenvalue weighted by Crippen LogP contribution is -2.37. The number of morpholine rings is 1. The van der Waals surface area contributed by atoms with Gasteiger partial charge in [-0.15, -0.1) is 0 Å². The summed E-state index contributed by atoms with van der Waals surface area (Å²) in [6.07, 6.45) is -2.72. The zero-order valence-electron chi connectivity index (χ0n) is 17.9. The van der Waals surface area contributed by atoms with Crippen LogP contribution in [-0.4, -0.2) is 47.2 Å². The maximum Gasteiger partial charge on any atom is 0.416 e. The molecule has 0 atom stereocenters. The summed E-state index contributed by atoms with van der Waals surface area (Å²) in [4.78, 5) is 27.3. The lowest BCUT2D eigenvalue weighted by atomic mass is 10.1. The number of aromatic nitrogens is 3. The molecule has 0 spiro atoms. The van der Waals surface area contributed by atoms with E-state index in [9.17, 15) is 18.0 Å². The minimum absolute atomic E-state index is 0.0835. The average molecular weight is 467 g/mol. The highest BCUT2D eigenvalue weighted by Crippen LogP contribution is 2.30. The second kappa shape index (κ2) is 8.79. The van der Waals surface area contributed by atoms with Crippen LogP contribution in [0.15, 0.2) is 60.8 Å². The first kappa shape index (κ1) is 21.9. The van der Waals surface area contributed by atoms with Crippen LogP contribution in [0.25, 0.3) is 22.4 Å². The van der Waals surface area contributed by atoms with E-state index in [0.717, 1.165) is 29.0 Å². The number of H-pyrrole nitrogens is 1. The first-order valence-corrected chi connectivity index (χ1v) is 10.7. The Bertz CT molecular complexity index is 1350. The van der Waals surface area contributed by atoms with E-state index in [2.05, 4.69) is 20.2 Å². The predicted octanol–water partition coefficient (Wildman–Crippen LogP) is 4.73. The fourth-order valence-electron chi connectivity index (χ4n) is 3.84. The number of carbonyl (C=O) groups is 1. The Morgan fingerprint density at radius 3 is 2.62 bits per heavy atom. The van der Waals surface area contributed by atoms with Crippen LogP contribution in [0, 0.1) is 0 Å². The summed E-state index contributed by atoms with van der Waals surface area (Å²) in [5, 5.41) is 2.66. The molecule has 5 rings (SSSR count). The normalized spacial score (nSPS) is 14.4. The molecule has 1 aliphatic rings. The maximum atomic E-state index is 13.0. The third-order valence-electron chi connectivity index (χ3n) is 5.53. The number of alkyl halides is 3. The highest BCUT2D eigenvalue weighted by atomic mass is 19.4. The molecule has 174 valence electrons. The standard InChI is InChI=1S/C24H20F3N5O2/c25-24(26,27)17-5-1-4-16(13-17)23(33)29-18-6-2-3-15(14-18)21-30-19-7-8-28-20(19)22(31-21)32-9-11-34-12-10-32/h1-8,13-14,28H,9-12H2,(H,29,33). The number of carbonyl (C=O) groups excluding carboxylic acids is 1. The molecule has 0 saturated carbocycles. The van der Waals surface area contributed by atoms with Gasteiger partial charge in [-0.3, -0.25) is 4.79 Å². The SMILES string of the molecule is O=C(Nc1cccc(-c2nc(N3CCOCC3)c3[nH]ccc3n2)c1)c1cccc(C(F)(F)F)c1. The Hall–Kier alpha value is -3.92. The summed E-state index contributed by atoms with van der Waals surface area (Å²) in [7, 11) is 0. The number of amides is 1. The summed E-state index contributed by atoms with van der Waals surface area (Å²) in [5.41, 5.74) is 1.71. The molecule has 2 aromatic carbocycles. The molecule has 7 nitrogen and oxygen atoms in total. The molecule has 1 saturated heterocycles. The van der Waals surface area contributed by atoms with Crippen molar-refractivity contribution in [2.24, 2.45) is 0 Å². The number of hydrogen-bond donors (Lipinski definition) is 2. The van der Waals surface area contributed by atoms with Crippen LogP contribution in [0.3, 0.4) is 0 Å². The number of rotatable bonds is 4. The molecule has 0 bridgehead atoms. The highest BCUT2D eigenvalue weighted by molar-refractivity contribution is 6.04. The summed E-state index contributed by atoms with van der Waals surface area (Å²) in [5.74, 6) is 0.606. The minimum Gasteiger partial charge on any atom is -0.378 e. The van der Waals surface area contributed by atoms with E-state index in [4.69, 9.17) is 9.72 Å². The van der Waals surface area contributed by atoms with Gasteiger partial charge in [-0.2, -0.15) is 13.2 Å². The van der Waals surface area contributed by atoms with E-state index in [-0.39, 0.29) is 5.56 Å². The topological polar surface area (TPSA) is 83.1 Å². The van der Waals surface area contributed by atoms with Gasteiger partial charge in [0.2, 0.25) is 0 Å². The molecule has 0 unspecified atom stereocenters. The van der Waals surface area contributed by atoms with Gasteiger partial charge in [0.05, 0.1) is 24.3 Å². The number of fused-ring (bicyclic) bond motifs is 1. The van der Waals surface area contributed by atoms with Crippen molar-refractivity contribution in [3.05, 3.63) is 71.9 Å². The first-order valence-electron chi connectivity index (χ1n) is 10.7. The van der Waals surface area contributed by atoms with Crippen LogP contribution < -0.4 is 10.2 Å². The zero-order chi connectivity index (χ0) is 23.7. The Morgan fingerprint density at radius 2 is 1.82 bits per heavy atom. The summed E-state index contributed by atoms with van der Waals surface area (Å²) < 4.78 is 44.4. The average Bonchev–Trinajstić information content (AvgIpc) is 3.32. The molecule has 3 heterocycles. The number of benzene rings is 2. The number of nitrogens with zero attached hydrogens (tertiary/aromatic N) is 3. The highest BCUT2D eigenvalue weighted by Gasteiger charge is 2.31. The molecule has 1 amide bonds. The van der Waals surface area contributed by atoms with Crippen molar-refractivity contribution in [3.63, 3.8) is 0 Å². The van der Waals surface area contributed by atoms with Crippen molar-refractivity contribution in [1.29, 1.82) is 0 Å². The summed E-state index contributed by atoms with van der Waals surface area (Å²) in [6, 6.07) is 13.1. The molecule has 0 radical (unpaired) electrons. The largest absolute Gasteiger partial charge is 0.416 e. The Morgan fingerprint density at radius 1 is 1.03 bits per heavy atom. The van der Waals surface area contributed by atoms with Crippen LogP contribution in [0.1, 0.15) is 15.9 Å². The minimum atomic E-state index is -4.53. The van der Waals surface area contributed by atoms with Gasteiger partial charge in [0.1, 0.15) is 5.52 Å². The maximum absolute atomic E-state index is 13.0. The molecule has 2 aromatic heterocycles. The summed E-state index contributed by atoms with van der Waals surface area (Å²) >= 11 is 0. The fourth-order valence-corrected chi connectivity index (χ4v) is 3.84. The molecule has 0 aliphatic carbocycles. The number of ether oxygens (including phenoxy) is 1. The van der Waals surface area contributed by atoms with Gasteiger partial charge < -0.3 is 19.9 Å². The predicted molar refractivity (Wildman–Crippen MR) is 122 cm³/mol. The molecule has 34 heavy (non-hydrogen) atoms. The number of halogens is 3. The molecule has 2 N–H and O–H groups in total. The van der Waals surface area contributed by atoms with Crippen LogP contribution in [0.4, 0.5) is 24.7 Å². The van der Waals surface area contributed by atoms with Crippen LogP contribution in [0.2, 0.25) is 0 Å². The second-order valence-electron chi connectivity index (χ2n) is 7.82. The van der Waals surface area contributed by atoms with E-state index < -0.39 is 17.6 Å². The van der Waals surface area contributed by atoms with Crippen LogP contribution in [-0.2, 0) is 10.9 Å². The van der Waals surface area contributed by atoms with E-state index in [1.54, 1.807) is 24.4 Å². The van der Waals surface area contributed by atoms with Gasteiger partial charge in [-0.05, 0) is 36.4 Å². The van der Waals surface area contributed by atoms with E-state index >= 15 is 0 Å². The summed E-state index contributed by atoms with van der Waals surface area (Å²) in [6.45, 7) is 2.63. The molecular formula is C24H20F3N5O2. The smallest absolute Gasteiger partial charge is 0.378 e. The van der Waals surface area contributed by atoms with Crippen molar-refractivity contribution in [2.75, 3.05) is 36.5 Å². The van der Waals surface area contributed by atoms with Gasteiger partial charge in [0, 0.05) is 36.1 Å². The van der Waals surface area contributed by atoms with Crippen molar-refractivity contribution >= 4 is 28.4 Å². The van der Waals surface area contributed by atoms with Crippen molar-refractivity contribution in [1.82, 2.24) is 15.0 Å². The monoisotopic (exact) mass is 467 g/mol.